The van der Waals surface area contributed by atoms with E-state index in [1.807, 2.05) is 4.98 Å². The van der Waals surface area contributed by atoms with Crippen LogP contribution >= 0.6 is 23.2 Å². The number of ether oxygens (including phenoxy) is 2. The van der Waals surface area contributed by atoms with Gasteiger partial charge in [0.05, 0.1) is 31.8 Å². The fourth-order valence-electron chi connectivity index (χ4n) is 4.80. The zero-order valence-corrected chi connectivity index (χ0v) is 26.2. The smallest absolute Gasteiger partial charge is 0.394 e. The first-order valence-corrected chi connectivity index (χ1v) is 17.9. The van der Waals surface area contributed by atoms with Crippen molar-refractivity contribution in [1.82, 2.24) is 29.1 Å². The molecule has 0 spiro atoms. The Morgan fingerprint density at radius 3 is 2.38 bits per heavy atom. The van der Waals surface area contributed by atoms with E-state index in [1.165, 1.54) is 10.9 Å². The predicted octanol–water partition coefficient (Wildman–Crippen LogP) is -2.85. The second-order valence-corrected chi connectivity index (χ2v) is 15.3. The summed E-state index contributed by atoms with van der Waals surface area (Å²) in [4.78, 5) is 68.3. The first-order valence-electron chi connectivity index (χ1n) is 13.2. The number of hydrogen-bond acceptors (Lipinski definition) is 18. The molecule has 3 aromatic heterocycles. The van der Waals surface area contributed by atoms with E-state index in [4.69, 9.17) is 15.2 Å². The standard InChI is InChI=1S/C20H28N7O17P3/c21-16-13-17(23-6-22-16)27(7-24-13)19-15(31)14(30)11(42-19)4-40-46(36,37)44-47(38,39)43-45(34,35)5-8-2-26(20(33)25-18(8)32)12-1-9(29)10(3-28)41-12/h2,6-7,9-12,14-15,19,28-31H,1,3-5H2,(H,34,35)(H,36,37)(H,38,39)(H2,21,22,23)(H,25,32,33)/t9-,10+,11+,12?,14+,15+,19?/m0/s1. The third-order valence-electron chi connectivity index (χ3n) is 6.94. The number of imidazole rings is 1. The van der Waals surface area contributed by atoms with Crippen LogP contribution in [0.15, 0.2) is 28.4 Å². The van der Waals surface area contributed by atoms with Crippen LogP contribution in [0.2, 0.25) is 0 Å². The summed E-state index contributed by atoms with van der Waals surface area (Å²) in [6.45, 7) is -1.63. The molecule has 0 bridgehead atoms. The van der Waals surface area contributed by atoms with Gasteiger partial charge in [0.15, 0.2) is 17.7 Å². The number of nitrogen functional groups attached to an aromatic ring is 1. The highest BCUT2D eigenvalue weighted by atomic mass is 31.3. The Bertz CT molecular complexity index is 1900. The van der Waals surface area contributed by atoms with Gasteiger partial charge in [-0.15, -0.1) is 0 Å². The molecule has 27 heteroatoms. The van der Waals surface area contributed by atoms with E-state index in [1.54, 1.807) is 0 Å². The van der Waals surface area contributed by atoms with Crippen molar-refractivity contribution in [2.45, 2.75) is 55.6 Å². The highest BCUT2D eigenvalue weighted by Gasteiger charge is 2.47. The lowest BCUT2D eigenvalue weighted by atomic mass is 10.1. The highest BCUT2D eigenvalue weighted by Crippen LogP contribution is 2.68. The average molecular weight is 731 g/mol. The molecule has 5 rings (SSSR count). The van der Waals surface area contributed by atoms with Gasteiger partial charge in [0.2, 0.25) is 0 Å². The fourth-order valence-corrected chi connectivity index (χ4v) is 8.93. The number of phosphoric acid groups is 2. The summed E-state index contributed by atoms with van der Waals surface area (Å²) >= 11 is 0. The molecule has 24 nitrogen and oxygen atoms in total. The molecule has 0 radical (unpaired) electrons. The summed E-state index contributed by atoms with van der Waals surface area (Å²) in [5, 5.41) is 40.1. The number of hydrogen-bond donors (Lipinski definition) is 9. The summed E-state index contributed by atoms with van der Waals surface area (Å²) in [7, 11) is -16.9. The summed E-state index contributed by atoms with van der Waals surface area (Å²) < 4.78 is 63.1. The van der Waals surface area contributed by atoms with Crippen LogP contribution in [-0.2, 0) is 42.5 Å². The lowest BCUT2D eigenvalue weighted by molar-refractivity contribution is -0.0503. The molecule has 10 N–H and O–H groups in total. The van der Waals surface area contributed by atoms with Crippen molar-refractivity contribution < 1.29 is 71.4 Å². The number of aromatic nitrogens is 6. The summed E-state index contributed by atoms with van der Waals surface area (Å²) in [5.41, 5.74) is 3.08. The van der Waals surface area contributed by atoms with Crippen molar-refractivity contribution in [2.24, 2.45) is 0 Å². The van der Waals surface area contributed by atoms with Crippen LogP contribution in [0.3, 0.4) is 0 Å². The van der Waals surface area contributed by atoms with Gasteiger partial charge in [0.25, 0.3) is 5.56 Å². The highest BCUT2D eigenvalue weighted by molar-refractivity contribution is 7.68. The number of nitrogens with zero attached hydrogens (tertiary/aromatic N) is 5. The van der Waals surface area contributed by atoms with E-state index in [9.17, 15) is 58.4 Å². The zero-order chi connectivity index (χ0) is 34.5. The summed E-state index contributed by atoms with van der Waals surface area (Å²) in [5.74, 6) is 0.00951. The van der Waals surface area contributed by atoms with Gasteiger partial charge in [-0.25, -0.2) is 33.2 Å². The van der Waals surface area contributed by atoms with Gasteiger partial charge in [-0.3, -0.25) is 28.0 Å². The van der Waals surface area contributed by atoms with Crippen LogP contribution in [0.4, 0.5) is 5.82 Å². The van der Waals surface area contributed by atoms with Gasteiger partial charge in [-0.2, -0.15) is 4.31 Å². The molecule has 2 aliphatic heterocycles. The Morgan fingerprint density at radius 1 is 0.979 bits per heavy atom. The molecule has 3 aromatic rings. The maximum atomic E-state index is 12.7. The first-order chi connectivity index (χ1) is 21.9. The lowest BCUT2D eigenvalue weighted by Gasteiger charge is -2.20. The van der Waals surface area contributed by atoms with Crippen LogP contribution in [0.25, 0.3) is 11.2 Å². The first kappa shape index (κ1) is 35.5. The van der Waals surface area contributed by atoms with Crippen molar-refractivity contribution in [1.29, 1.82) is 0 Å². The second-order valence-electron chi connectivity index (χ2n) is 10.3. The topological polar surface area (TPSA) is 363 Å². The fraction of sp³-hybridized carbons (Fsp3) is 0.550. The Hall–Kier alpha value is -2.76. The van der Waals surface area contributed by atoms with Crippen LogP contribution in [0.5, 0.6) is 0 Å². The third-order valence-corrected chi connectivity index (χ3v) is 11.7. The number of nitrogens with two attached hydrogens (primary N) is 1. The monoisotopic (exact) mass is 731 g/mol. The maximum absolute atomic E-state index is 12.7. The normalized spacial score (nSPS) is 30.2. The summed E-state index contributed by atoms with van der Waals surface area (Å²) in [6, 6.07) is 0. The number of fused-ring (bicyclic) bond motifs is 1. The molecule has 0 aromatic carbocycles. The molecule has 0 amide bonds. The Kier molecular flexibility index (Phi) is 10.0. The minimum absolute atomic E-state index is 0.00951. The number of aromatic amines is 1. The van der Waals surface area contributed by atoms with Gasteiger partial charge >= 0.3 is 28.9 Å². The molecule has 10 atom stereocenters. The van der Waals surface area contributed by atoms with Gasteiger partial charge in [0.1, 0.15) is 42.5 Å². The largest absolute Gasteiger partial charge is 0.488 e. The molecule has 5 unspecified atom stereocenters. The van der Waals surface area contributed by atoms with Gasteiger partial charge in [-0.1, -0.05) is 0 Å². The minimum Gasteiger partial charge on any atom is -0.394 e. The Balaban J connectivity index is 1.21. The van der Waals surface area contributed by atoms with Crippen LogP contribution in [0.1, 0.15) is 24.4 Å². The van der Waals surface area contributed by atoms with Crippen molar-refractivity contribution in [3.8, 4) is 0 Å². The SMILES string of the molecule is Nc1ncnc2c1ncn2C1O[C@H](COP(=O)(O)OP(=O)(O)OP(=O)(O)Cc2cn(C3C[C@H](O)[C@@H](CO)O3)c(=O)[nH]c2=O)[C@@H](O)[C@H]1O. The maximum Gasteiger partial charge on any atom is 0.488 e. The van der Waals surface area contributed by atoms with Crippen LogP contribution in [-0.4, -0.2) is 108 Å². The number of anilines is 1. The number of rotatable bonds is 12. The number of aliphatic hydroxyl groups excluding tert-OH is 4. The summed E-state index contributed by atoms with van der Waals surface area (Å²) in [6.07, 6.45) is -8.26. The van der Waals surface area contributed by atoms with Crippen molar-refractivity contribution in [3.63, 3.8) is 0 Å². The van der Waals surface area contributed by atoms with Crippen LogP contribution < -0.4 is 17.0 Å². The van der Waals surface area contributed by atoms with Crippen molar-refractivity contribution in [2.75, 3.05) is 18.9 Å². The zero-order valence-electron chi connectivity index (χ0n) is 23.5. The molecule has 0 saturated carbocycles. The Labute approximate surface area is 260 Å². The molecule has 5 heterocycles. The van der Waals surface area contributed by atoms with E-state index in [-0.39, 0.29) is 23.4 Å². The Morgan fingerprint density at radius 2 is 1.70 bits per heavy atom. The second kappa shape index (κ2) is 13.3. The average Bonchev–Trinajstić information content (AvgIpc) is 3.63. The van der Waals surface area contributed by atoms with E-state index in [2.05, 4.69) is 28.1 Å². The van der Waals surface area contributed by atoms with E-state index in [0.717, 1.165) is 17.1 Å². The molecular formula is C20H28N7O17P3. The molecular weight excluding hydrogens is 703 g/mol. The van der Waals surface area contributed by atoms with E-state index in [0.29, 0.717) is 0 Å². The van der Waals surface area contributed by atoms with Gasteiger partial charge in [0, 0.05) is 18.2 Å². The predicted molar refractivity (Wildman–Crippen MR) is 150 cm³/mol. The van der Waals surface area contributed by atoms with E-state index >= 15 is 0 Å². The van der Waals surface area contributed by atoms with Crippen LogP contribution in [0, 0.1) is 0 Å². The number of H-pyrrole nitrogens is 1. The molecule has 2 fully saturated rings. The molecule has 47 heavy (non-hydrogen) atoms. The number of aliphatic hydroxyl groups is 4. The lowest BCUT2D eigenvalue weighted by Crippen LogP contribution is -2.34. The van der Waals surface area contributed by atoms with Crippen molar-refractivity contribution >= 4 is 40.2 Å². The molecule has 2 saturated heterocycles. The number of phosphoric ester groups is 1. The third kappa shape index (κ3) is 7.78. The minimum atomic E-state index is -5.93. The van der Waals surface area contributed by atoms with Gasteiger partial charge in [-0.05, 0) is 0 Å². The number of nitrogens with one attached hydrogen (secondary N) is 1. The molecule has 260 valence electrons. The van der Waals surface area contributed by atoms with Gasteiger partial charge < -0.3 is 50.3 Å². The van der Waals surface area contributed by atoms with Crippen molar-refractivity contribution in [3.05, 3.63) is 45.3 Å². The molecule has 0 aliphatic carbocycles. The van der Waals surface area contributed by atoms with E-state index < -0.39 is 102 Å². The quantitative estimate of drug-likeness (QED) is 0.0846. The molecule has 2 aliphatic rings.